The van der Waals surface area contributed by atoms with Crippen molar-refractivity contribution in [2.45, 2.75) is 37.5 Å². The van der Waals surface area contributed by atoms with Crippen LogP contribution < -0.4 is 0 Å². The van der Waals surface area contributed by atoms with Crippen molar-refractivity contribution in [3.8, 4) is 16.9 Å². The molecule has 6 rings (SSSR count). The van der Waals surface area contributed by atoms with Gasteiger partial charge >= 0.3 is 0 Å². The van der Waals surface area contributed by atoms with Gasteiger partial charge in [0.1, 0.15) is 15.8 Å². The van der Waals surface area contributed by atoms with E-state index >= 15 is 0 Å². The predicted molar refractivity (Wildman–Crippen MR) is 165 cm³/mol. The molecule has 2 aliphatic rings. The molecule has 2 unspecified atom stereocenters. The molecule has 0 radical (unpaired) electrons. The van der Waals surface area contributed by atoms with Crippen molar-refractivity contribution < 1.29 is 22.4 Å². The number of aromatic nitrogens is 2. The molecule has 0 aliphatic carbocycles. The Hall–Kier alpha value is -3.55. The van der Waals surface area contributed by atoms with Crippen LogP contribution in [0.15, 0.2) is 93.4 Å². The lowest BCUT2D eigenvalue weighted by molar-refractivity contribution is -0.122. The highest BCUT2D eigenvalue weighted by Gasteiger charge is 2.34. The van der Waals surface area contributed by atoms with Gasteiger partial charge in [-0.15, -0.1) is 0 Å². The fourth-order valence-electron chi connectivity index (χ4n) is 5.05. The second kappa shape index (κ2) is 11.6. The molecule has 2 aromatic heterocycles. The number of hydrogen-bond donors (Lipinski definition) is 0. The van der Waals surface area contributed by atoms with E-state index in [-0.39, 0.29) is 42.6 Å². The number of rotatable bonds is 7. The standard InChI is InChI=1S/C30H28N4O5S3/c1-20-16-32(17-21(2)39-20)42(36,37)26-12-6-8-22(14-26)28-23(18-34(31-28)24-9-4-3-5-10-24)15-27-29(35)33(30(40)41-27)19-25-11-7-13-38-25/h3-15,18,20-21H,16-17,19H2,1-2H3/b27-15-. The summed E-state index contributed by atoms with van der Waals surface area (Å²) in [6, 6.07) is 19.9. The fourth-order valence-corrected chi connectivity index (χ4v) is 7.93. The number of hydrogen-bond acceptors (Lipinski definition) is 8. The van der Waals surface area contributed by atoms with E-state index in [2.05, 4.69) is 0 Å². The topological polar surface area (TPSA) is 97.9 Å². The van der Waals surface area contributed by atoms with Crippen LogP contribution >= 0.6 is 24.0 Å². The number of carbonyl (C=O) groups is 1. The summed E-state index contributed by atoms with van der Waals surface area (Å²) in [5, 5.41) is 4.84. The molecule has 216 valence electrons. The van der Waals surface area contributed by atoms with Crippen LogP contribution in [0.1, 0.15) is 25.2 Å². The summed E-state index contributed by atoms with van der Waals surface area (Å²) in [7, 11) is -3.77. The number of furan rings is 1. The van der Waals surface area contributed by atoms with Gasteiger partial charge in [-0.3, -0.25) is 9.69 Å². The molecule has 2 atom stereocenters. The lowest BCUT2D eigenvalue weighted by Crippen LogP contribution is -2.48. The SMILES string of the molecule is CC1CN(S(=O)(=O)c2cccc(-c3nn(-c4ccccc4)cc3/C=C3\SC(=S)N(Cc4ccco4)C3=O)c2)CC(C)O1. The minimum absolute atomic E-state index is 0.172. The third-order valence-electron chi connectivity index (χ3n) is 6.95. The number of sulfonamides is 1. The highest BCUT2D eigenvalue weighted by molar-refractivity contribution is 8.26. The zero-order valence-electron chi connectivity index (χ0n) is 22.9. The van der Waals surface area contributed by atoms with E-state index in [1.807, 2.05) is 56.4 Å². The summed E-state index contributed by atoms with van der Waals surface area (Å²) in [6.07, 6.45) is 4.74. The molecule has 0 saturated carbocycles. The average molecular weight is 621 g/mol. The van der Waals surface area contributed by atoms with Crippen LogP contribution in [0.5, 0.6) is 0 Å². The molecule has 0 bridgehead atoms. The summed E-state index contributed by atoms with van der Waals surface area (Å²) in [4.78, 5) is 15.5. The Bertz CT molecular complexity index is 1760. The molecule has 12 heteroatoms. The molecule has 2 fully saturated rings. The zero-order valence-corrected chi connectivity index (χ0v) is 25.4. The minimum Gasteiger partial charge on any atom is -0.467 e. The molecule has 2 aromatic carbocycles. The van der Waals surface area contributed by atoms with E-state index in [0.717, 1.165) is 5.69 Å². The summed E-state index contributed by atoms with van der Waals surface area (Å²) in [5.41, 5.74) is 2.62. The first-order valence-corrected chi connectivity index (χ1v) is 16.0. The van der Waals surface area contributed by atoms with Gasteiger partial charge in [-0.2, -0.15) is 9.40 Å². The van der Waals surface area contributed by atoms with Gasteiger partial charge in [0.15, 0.2) is 0 Å². The van der Waals surface area contributed by atoms with Crippen LogP contribution in [0, 0.1) is 0 Å². The van der Waals surface area contributed by atoms with Crippen molar-refractivity contribution in [1.82, 2.24) is 19.0 Å². The normalized spacial score (nSPS) is 21.0. The summed E-state index contributed by atoms with van der Waals surface area (Å²) in [5.74, 6) is 0.402. The molecule has 9 nitrogen and oxygen atoms in total. The number of thioether (sulfide) groups is 1. The van der Waals surface area contributed by atoms with Crippen LogP contribution in [-0.2, 0) is 26.1 Å². The second-order valence-corrected chi connectivity index (χ2v) is 13.8. The molecule has 0 spiro atoms. The molecule has 2 saturated heterocycles. The van der Waals surface area contributed by atoms with Gasteiger partial charge < -0.3 is 9.15 Å². The first kappa shape index (κ1) is 28.6. The summed E-state index contributed by atoms with van der Waals surface area (Å²) < 4.78 is 42.1. The first-order valence-electron chi connectivity index (χ1n) is 13.4. The van der Waals surface area contributed by atoms with Gasteiger partial charge in [0.05, 0.1) is 40.5 Å². The number of ether oxygens (including phenoxy) is 1. The van der Waals surface area contributed by atoms with E-state index in [0.29, 0.717) is 31.8 Å². The molecule has 2 aliphatic heterocycles. The average Bonchev–Trinajstić information content (AvgIpc) is 3.71. The Morgan fingerprint density at radius 3 is 2.52 bits per heavy atom. The number of thiocarbonyl (C=S) groups is 1. The van der Waals surface area contributed by atoms with Crippen LogP contribution in [0.3, 0.4) is 0 Å². The van der Waals surface area contributed by atoms with E-state index in [9.17, 15) is 13.2 Å². The van der Waals surface area contributed by atoms with Gasteiger partial charge in [0, 0.05) is 30.4 Å². The molecule has 4 heterocycles. The zero-order chi connectivity index (χ0) is 29.4. The highest BCUT2D eigenvalue weighted by Crippen LogP contribution is 2.36. The summed E-state index contributed by atoms with van der Waals surface area (Å²) >= 11 is 6.72. The van der Waals surface area contributed by atoms with Crippen molar-refractivity contribution in [3.63, 3.8) is 0 Å². The maximum atomic E-state index is 13.7. The third-order valence-corrected chi connectivity index (χ3v) is 10.2. The Labute approximate surface area is 253 Å². The van der Waals surface area contributed by atoms with E-state index in [4.69, 9.17) is 26.5 Å². The first-order chi connectivity index (χ1) is 20.2. The quantitative estimate of drug-likeness (QED) is 0.202. The van der Waals surface area contributed by atoms with Crippen LogP contribution in [0.4, 0.5) is 0 Å². The van der Waals surface area contributed by atoms with Gasteiger partial charge in [-0.05, 0) is 56.3 Å². The van der Waals surface area contributed by atoms with E-state index in [1.54, 1.807) is 47.4 Å². The number of benzene rings is 2. The Morgan fingerprint density at radius 2 is 1.81 bits per heavy atom. The molecule has 0 N–H and O–H groups in total. The number of nitrogens with zero attached hydrogens (tertiary/aromatic N) is 4. The molecular weight excluding hydrogens is 593 g/mol. The highest BCUT2D eigenvalue weighted by atomic mass is 32.2. The molecular formula is C30H28N4O5S3. The van der Waals surface area contributed by atoms with Gasteiger partial charge in [-0.1, -0.05) is 54.3 Å². The van der Waals surface area contributed by atoms with Crippen LogP contribution in [-0.4, -0.2) is 62.9 Å². The second-order valence-electron chi connectivity index (χ2n) is 10.2. The van der Waals surface area contributed by atoms with Crippen LogP contribution in [0.25, 0.3) is 23.0 Å². The monoisotopic (exact) mass is 620 g/mol. The Balaban J connectivity index is 1.39. The Morgan fingerprint density at radius 1 is 1.05 bits per heavy atom. The van der Waals surface area contributed by atoms with Crippen molar-refractivity contribution >= 4 is 50.3 Å². The molecule has 1 amide bonds. The summed E-state index contributed by atoms with van der Waals surface area (Å²) in [6.45, 7) is 4.54. The van der Waals surface area contributed by atoms with Crippen molar-refractivity contribution in [2.75, 3.05) is 13.1 Å². The predicted octanol–water partition coefficient (Wildman–Crippen LogP) is 5.33. The minimum atomic E-state index is -3.77. The van der Waals surface area contributed by atoms with Crippen LogP contribution in [0.2, 0.25) is 0 Å². The maximum absolute atomic E-state index is 13.7. The van der Waals surface area contributed by atoms with Crippen molar-refractivity contribution in [2.24, 2.45) is 0 Å². The molecule has 4 aromatic rings. The van der Waals surface area contributed by atoms with Gasteiger partial charge in [0.2, 0.25) is 10.0 Å². The Kier molecular flexibility index (Phi) is 7.90. The van der Waals surface area contributed by atoms with Crippen molar-refractivity contribution in [3.05, 3.63) is 95.4 Å². The van der Waals surface area contributed by atoms with Gasteiger partial charge in [0.25, 0.3) is 5.91 Å². The maximum Gasteiger partial charge on any atom is 0.266 e. The van der Waals surface area contributed by atoms with Crippen molar-refractivity contribution in [1.29, 1.82) is 0 Å². The van der Waals surface area contributed by atoms with Gasteiger partial charge in [-0.25, -0.2) is 13.1 Å². The van der Waals surface area contributed by atoms with E-state index in [1.165, 1.54) is 21.0 Å². The number of carbonyl (C=O) groups excluding carboxylic acids is 1. The lowest BCUT2D eigenvalue weighted by Gasteiger charge is -2.34. The smallest absolute Gasteiger partial charge is 0.266 e. The number of amides is 1. The van der Waals surface area contributed by atoms with E-state index < -0.39 is 10.0 Å². The fraction of sp³-hybridized carbons (Fsp3) is 0.233. The third kappa shape index (κ3) is 5.72. The number of para-hydroxylation sites is 1. The molecule has 42 heavy (non-hydrogen) atoms. The lowest BCUT2D eigenvalue weighted by atomic mass is 10.1. The largest absolute Gasteiger partial charge is 0.467 e. The number of morpholine rings is 1.